The van der Waals surface area contributed by atoms with Gasteiger partial charge in [-0.1, -0.05) is 30.3 Å². The first-order chi connectivity index (χ1) is 12.7. The SMILES string of the molecule is Cc1ncsc1CCOC(=O)[C@@H]1CCn2c(cnc2-c2ccccc2)C1. The number of thiazole rings is 1. The highest BCUT2D eigenvalue weighted by Gasteiger charge is 2.28. The van der Waals surface area contributed by atoms with E-state index in [1.54, 1.807) is 11.3 Å². The number of ether oxygens (including phenoxy) is 1. The summed E-state index contributed by atoms with van der Waals surface area (Å²) in [5, 5.41) is 0. The highest BCUT2D eigenvalue weighted by Crippen LogP contribution is 2.27. The Morgan fingerprint density at radius 1 is 1.31 bits per heavy atom. The molecular formula is C20H21N3O2S. The van der Waals surface area contributed by atoms with Crippen LogP contribution in [0, 0.1) is 12.8 Å². The third-order valence-electron chi connectivity index (χ3n) is 4.88. The molecule has 0 radical (unpaired) electrons. The number of hydrogen-bond donors (Lipinski definition) is 0. The van der Waals surface area contributed by atoms with E-state index in [-0.39, 0.29) is 11.9 Å². The van der Waals surface area contributed by atoms with Crippen LogP contribution in [-0.2, 0) is 28.9 Å². The number of imidazole rings is 1. The van der Waals surface area contributed by atoms with Crippen molar-refractivity contribution in [3.63, 3.8) is 0 Å². The van der Waals surface area contributed by atoms with E-state index in [4.69, 9.17) is 4.74 Å². The highest BCUT2D eigenvalue weighted by molar-refractivity contribution is 7.09. The van der Waals surface area contributed by atoms with Crippen LogP contribution in [0.1, 0.15) is 22.7 Å². The molecule has 0 aliphatic carbocycles. The Labute approximate surface area is 156 Å². The maximum atomic E-state index is 12.4. The average molecular weight is 367 g/mol. The fourth-order valence-corrected chi connectivity index (χ4v) is 4.17. The van der Waals surface area contributed by atoms with Gasteiger partial charge in [0, 0.05) is 41.7 Å². The second kappa shape index (κ2) is 7.41. The number of rotatable bonds is 5. The minimum atomic E-state index is -0.0964. The predicted octanol–water partition coefficient (Wildman–Crippen LogP) is 3.66. The molecule has 3 aromatic rings. The van der Waals surface area contributed by atoms with Gasteiger partial charge in [0.05, 0.1) is 23.7 Å². The third-order valence-corrected chi connectivity index (χ3v) is 5.87. The number of aromatic nitrogens is 3. The topological polar surface area (TPSA) is 57.0 Å². The lowest BCUT2D eigenvalue weighted by molar-refractivity contribution is -0.149. The molecule has 0 saturated heterocycles. The Hall–Kier alpha value is -2.47. The number of aryl methyl sites for hydroxylation is 1. The number of carbonyl (C=O) groups is 1. The van der Waals surface area contributed by atoms with Crippen molar-refractivity contribution < 1.29 is 9.53 Å². The maximum Gasteiger partial charge on any atom is 0.309 e. The van der Waals surface area contributed by atoms with E-state index < -0.39 is 0 Å². The molecule has 4 rings (SSSR count). The summed E-state index contributed by atoms with van der Waals surface area (Å²) in [5.74, 6) is 0.805. The normalized spacial score (nSPS) is 16.3. The number of esters is 1. The second-order valence-electron chi connectivity index (χ2n) is 6.56. The van der Waals surface area contributed by atoms with Crippen molar-refractivity contribution in [1.29, 1.82) is 0 Å². The van der Waals surface area contributed by atoms with Crippen LogP contribution < -0.4 is 0 Å². The van der Waals surface area contributed by atoms with Crippen LogP contribution in [0.4, 0.5) is 0 Å². The molecule has 5 nitrogen and oxygen atoms in total. The smallest absolute Gasteiger partial charge is 0.309 e. The first-order valence-corrected chi connectivity index (χ1v) is 9.76. The van der Waals surface area contributed by atoms with Gasteiger partial charge in [-0.2, -0.15) is 0 Å². The first kappa shape index (κ1) is 17.0. The first-order valence-electron chi connectivity index (χ1n) is 8.88. The van der Waals surface area contributed by atoms with Gasteiger partial charge in [0.25, 0.3) is 0 Å². The fraction of sp³-hybridized carbons (Fsp3) is 0.350. The zero-order chi connectivity index (χ0) is 17.9. The summed E-state index contributed by atoms with van der Waals surface area (Å²) < 4.78 is 7.75. The zero-order valence-electron chi connectivity index (χ0n) is 14.7. The summed E-state index contributed by atoms with van der Waals surface area (Å²) in [6.07, 6.45) is 4.12. The van der Waals surface area contributed by atoms with Crippen molar-refractivity contribution in [2.75, 3.05) is 6.61 Å². The minimum Gasteiger partial charge on any atom is -0.465 e. The summed E-state index contributed by atoms with van der Waals surface area (Å²) in [5.41, 5.74) is 5.08. The van der Waals surface area contributed by atoms with E-state index in [0.717, 1.165) is 42.2 Å². The quantitative estimate of drug-likeness (QED) is 0.646. The molecule has 1 atom stereocenters. The van der Waals surface area contributed by atoms with E-state index in [2.05, 4.69) is 26.7 Å². The Morgan fingerprint density at radius 2 is 2.15 bits per heavy atom. The van der Waals surface area contributed by atoms with Crippen LogP contribution >= 0.6 is 11.3 Å². The summed E-state index contributed by atoms with van der Waals surface area (Å²) >= 11 is 1.61. The van der Waals surface area contributed by atoms with Crippen LogP contribution in [0.5, 0.6) is 0 Å². The Kier molecular flexibility index (Phi) is 4.84. The van der Waals surface area contributed by atoms with Gasteiger partial charge in [0.1, 0.15) is 5.82 Å². The van der Waals surface area contributed by atoms with E-state index >= 15 is 0 Å². The molecule has 1 aromatic carbocycles. The lowest BCUT2D eigenvalue weighted by Crippen LogP contribution is -2.27. The van der Waals surface area contributed by atoms with E-state index in [0.29, 0.717) is 13.0 Å². The molecule has 1 aliphatic rings. The van der Waals surface area contributed by atoms with Gasteiger partial charge in [0.2, 0.25) is 0 Å². The van der Waals surface area contributed by atoms with Gasteiger partial charge in [-0.3, -0.25) is 4.79 Å². The molecule has 0 unspecified atom stereocenters. The third kappa shape index (κ3) is 3.42. The molecule has 6 heteroatoms. The molecule has 0 saturated carbocycles. The second-order valence-corrected chi connectivity index (χ2v) is 7.50. The van der Waals surface area contributed by atoms with Crippen molar-refractivity contribution in [1.82, 2.24) is 14.5 Å². The molecule has 0 amide bonds. The predicted molar refractivity (Wildman–Crippen MR) is 101 cm³/mol. The molecule has 0 spiro atoms. The molecule has 3 heterocycles. The average Bonchev–Trinajstić information content (AvgIpc) is 3.28. The van der Waals surface area contributed by atoms with Crippen LogP contribution in [-0.4, -0.2) is 27.1 Å². The van der Waals surface area contributed by atoms with Gasteiger partial charge < -0.3 is 9.30 Å². The molecular weight excluding hydrogens is 346 g/mol. The molecule has 0 fully saturated rings. The van der Waals surface area contributed by atoms with E-state index in [1.165, 1.54) is 4.88 Å². The van der Waals surface area contributed by atoms with Gasteiger partial charge in [-0.25, -0.2) is 9.97 Å². The van der Waals surface area contributed by atoms with Crippen molar-refractivity contribution >= 4 is 17.3 Å². The Balaban J connectivity index is 1.37. The zero-order valence-corrected chi connectivity index (χ0v) is 15.5. The van der Waals surface area contributed by atoms with Crippen molar-refractivity contribution in [3.8, 4) is 11.4 Å². The monoisotopic (exact) mass is 367 g/mol. The Morgan fingerprint density at radius 3 is 2.92 bits per heavy atom. The summed E-state index contributed by atoms with van der Waals surface area (Å²) in [7, 11) is 0. The van der Waals surface area contributed by atoms with Gasteiger partial charge in [0.15, 0.2) is 0 Å². The van der Waals surface area contributed by atoms with E-state index in [9.17, 15) is 4.79 Å². The largest absolute Gasteiger partial charge is 0.465 e. The number of hydrogen-bond acceptors (Lipinski definition) is 5. The van der Waals surface area contributed by atoms with Crippen LogP contribution in [0.2, 0.25) is 0 Å². The van der Waals surface area contributed by atoms with Gasteiger partial charge >= 0.3 is 5.97 Å². The highest BCUT2D eigenvalue weighted by atomic mass is 32.1. The lowest BCUT2D eigenvalue weighted by atomic mass is 9.96. The molecule has 26 heavy (non-hydrogen) atoms. The van der Waals surface area contributed by atoms with Crippen LogP contribution in [0.3, 0.4) is 0 Å². The molecule has 0 bridgehead atoms. The van der Waals surface area contributed by atoms with Gasteiger partial charge in [-0.15, -0.1) is 11.3 Å². The number of benzene rings is 1. The number of fused-ring (bicyclic) bond motifs is 1. The van der Waals surface area contributed by atoms with Crippen LogP contribution in [0.25, 0.3) is 11.4 Å². The van der Waals surface area contributed by atoms with Gasteiger partial charge in [-0.05, 0) is 13.3 Å². The lowest BCUT2D eigenvalue weighted by Gasteiger charge is -2.23. The fourth-order valence-electron chi connectivity index (χ4n) is 3.41. The number of nitrogens with zero attached hydrogens (tertiary/aromatic N) is 3. The van der Waals surface area contributed by atoms with Crippen molar-refractivity contribution in [2.24, 2.45) is 5.92 Å². The summed E-state index contributed by atoms with van der Waals surface area (Å²) in [6, 6.07) is 10.2. The molecule has 2 aromatic heterocycles. The van der Waals surface area contributed by atoms with Crippen molar-refractivity contribution in [3.05, 3.63) is 58.3 Å². The molecule has 0 N–H and O–H groups in total. The van der Waals surface area contributed by atoms with Crippen molar-refractivity contribution in [2.45, 2.75) is 32.7 Å². The summed E-state index contributed by atoms with van der Waals surface area (Å²) in [6.45, 7) is 3.21. The summed E-state index contributed by atoms with van der Waals surface area (Å²) in [4.78, 5) is 22.4. The Bertz CT molecular complexity index is 901. The standard InChI is InChI=1S/C20H21N3O2S/c1-14-18(26-13-22-14)8-10-25-20(24)16-7-9-23-17(11-16)12-21-19(23)15-5-3-2-4-6-15/h2-6,12-13,16H,7-11H2,1H3/t16-/m1/s1. The maximum absolute atomic E-state index is 12.4. The number of carbonyl (C=O) groups excluding carboxylic acids is 1. The molecule has 134 valence electrons. The van der Waals surface area contributed by atoms with E-state index in [1.807, 2.05) is 36.8 Å². The van der Waals surface area contributed by atoms with Crippen LogP contribution in [0.15, 0.2) is 42.0 Å². The molecule has 1 aliphatic heterocycles. The minimum absolute atomic E-state index is 0.0784.